The second-order valence-electron chi connectivity index (χ2n) is 2.18. The lowest BCUT2D eigenvalue weighted by molar-refractivity contribution is -0.384. The van der Waals surface area contributed by atoms with E-state index in [1.807, 2.05) is 0 Å². The highest BCUT2D eigenvalue weighted by molar-refractivity contribution is 9.10. The number of nitro benzene ring substituents is 1. The predicted molar refractivity (Wildman–Crippen MR) is 45.1 cm³/mol. The lowest BCUT2D eigenvalue weighted by Gasteiger charge is -2.01. The highest BCUT2D eigenvalue weighted by Crippen LogP contribution is 2.33. The lowest BCUT2D eigenvalue weighted by atomic mass is 10.2. The molecule has 7 heteroatoms. The molecule has 0 atom stereocenters. The molecule has 0 saturated heterocycles. The monoisotopic (exact) mass is 252 g/mol. The van der Waals surface area contributed by atoms with Gasteiger partial charge in [-0.2, -0.15) is 0 Å². The number of nitrogens with zero attached hydrogens (tertiary/aromatic N) is 1. The maximum absolute atomic E-state index is 12.7. The van der Waals surface area contributed by atoms with Gasteiger partial charge in [-0.05, 0) is 15.9 Å². The van der Waals surface area contributed by atoms with Crippen LogP contribution in [0.15, 0.2) is 10.5 Å². The Hall–Kier alpha value is -1.24. The zero-order valence-electron chi connectivity index (χ0n) is 6.05. The first kappa shape index (κ1) is 9.85. The Morgan fingerprint density at radius 1 is 1.54 bits per heavy atom. The molecular formula is C6H3BrF2N2O2. The largest absolute Gasteiger partial charge is 0.392 e. The number of nitrogen functional groups attached to an aromatic ring is 1. The van der Waals surface area contributed by atoms with E-state index in [2.05, 4.69) is 15.9 Å². The fourth-order valence-electron chi connectivity index (χ4n) is 0.748. The van der Waals surface area contributed by atoms with Crippen LogP contribution in [0.2, 0.25) is 0 Å². The molecule has 0 bridgehead atoms. The molecule has 1 aromatic carbocycles. The van der Waals surface area contributed by atoms with Crippen molar-refractivity contribution in [1.29, 1.82) is 0 Å². The van der Waals surface area contributed by atoms with Crippen LogP contribution in [0.4, 0.5) is 20.2 Å². The van der Waals surface area contributed by atoms with E-state index >= 15 is 0 Å². The Labute approximate surface area is 79.6 Å². The van der Waals surface area contributed by atoms with Gasteiger partial charge in [0.25, 0.3) is 5.69 Å². The molecule has 0 aromatic heterocycles. The Morgan fingerprint density at radius 3 is 2.54 bits per heavy atom. The van der Waals surface area contributed by atoms with Crippen molar-refractivity contribution < 1.29 is 13.7 Å². The first-order chi connectivity index (χ1) is 5.95. The highest BCUT2D eigenvalue weighted by Gasteiger charge is 2.21. The first-order valence-electron chi connectivity index (χ1n) is 3.02. The van der Waals surface area contributed by atoms with Crippen LogP contribution < -0.4 is 5.73 Å². The van der Waals surface area contributed by atoms with E-state index in [1.165, 1.54) is 0 Å². The van der Waals surface area contributed by atoms with Gasteiger partial charge in [0.2, 0.25) is 0 Å². The Kier molecular flexibility index (Phi) is 2.46. The molecule has 0 saturated carbocycles. The number of rotatable bonds is 1. The summed E-state index contributed by atoms with van der Waals surface area (Å²) in [6, 6.07) is 0.440. The maximum atomic E-state index is 12.7. The van der Waals surface area contributed by atoms with E-state index in [1.54, 1.807) is 0 Å². The minimum absolute atomic E-state index is 0.427. The van der Waals surface area contributed by atoms with Gasteiger partial charge in [-0.3, -0.25) is 10.1 Å². The summed E-state index contributed by atoms with van der Waals surface area (Å²) in [6.07, 6.45) is 0. The van der Waals surface area contributed by atoms with Crippen molar-refractivity contribution in [2.75, 3.05) is 5.73 Å². The number of nitro groups is 1. The summed E-state index contributed by atoms with van der Waals surface area (Å²) < 4.78 is 24.9. The molecule has 0 radical (unpaired) electrons. The van der Waals surface area contributed by atoms with Crippen molar-refractivity contribution in [3.63, 3.8) is 0 Å². The van der Waals surface area contributed by atoms with Crippen molar-refractivity contribution in [1.82, 2.24) is 0 Å². The lowest BCUT2D eigenvalue weighted by Crippen LogP contribution is -2.00. The van der Waals surface area contributed by atoms with Crippen molar-refractivity contribution in [2.24, 2.45) is 0 Å². The average molecular weight is 253 g/mol. The number of halogens is 3. The van der Waals surface area contributed by atoms with Gasteiger partial charge in [-0.25, -0.2) is 8.78 Å². The molecule has 1 rings (SSSR count). The van der Waals surface area contributed by atoms with Gasteiger partial charge in [-0.1, -0.05) is 0 Å². The van der Waals surface area contributed by atoms with E-state index < -0.39 is 32.4 Å². The van der Waals surface area contributed by atoms with Gasteiger partial charge in [0.1, 0.15) is 5.69 Å². The molecule has 0 aliphatic carbocycles. The van der Waals surface area contributed by atoms with Crippen LogP contribution in [0.3, 0.4) is 0 Å². The number of hydrogen-bond donors (Lipinski definition) is 1. The fraction of sp³-hybridized carbons (Fsp3) is 0. The Balaban J connectivity index is 3.50. The molecule has 0 fully saturated rings. The number of nitrogens with two attached hydrogens (primary N) is 1. The number of hydrogen-bond acceptors (Lipinski definition) is 3. The van der Waals surface area contributed by atoms with Crippen molar-refractivity contribution in [2.45, 2.75) is 0 Å². The van der Waals surface area contributed by atoms with Crippen LogP contribution in [0.5, 0.6) is 0 Å². The molecule has 0 aliphatic rings. The predicted octanol–water partition coefficient (Wildman–Crippen LogP) is 2.22. The minimum Gasteiger partial charge on any atom is -0.392 e. The SMILES string of the molecule is Nc1c([N+](=O)[O-])cc(F)c(F)c1Br. The van der Waals surface area contributed by atoms with Crippen molar-refractivity contribution in [3.05, 3.63) is 32.3 Å². The summed E-state index contributed by atoms with van der Waals surface area (Å²) in [5.41, 5.74) is 4.07. The molecule has 1 aromatic rings. The van der Waals surface area contributed by atoms with Crippen molar-refractivity contribution >= 4 is 27.3 Å². The smallest absolute Gasteiger partial charge is 0.296 e. The zero-order chi connectivity index (χ0) is 10.2. The van der Waals surface area contributed by atoms with Gasteiger partial charge in [-0.15, -0.1) is 0 Å². The third kappa shape index (κ3) is 1.59. The van der Waals surface area contributed by atoms with Crippen LogP contribution in [-0.2, 0) is 0 Å². The topological polar surface area (TPSA) is 69.2 Å². The molecule has 13 heavy (non-hydrogen) atoms. The summed E-state index contributed by atoms with van der Waals surface area (Å²) in [4.78, 5) is 9.37. The molecule has 0 aliphatic heterocycles. The third-order valence-corrected chi connectivity index (χ3v) is 2.15. The molecule has 0 spiro atoms. The van der Waals surface area contributed by atoms with Crippen LogP contribution in [0, 0.1) is 21.7 Å². The van der Waals surface area contributed by atoms with Gasteiger partial charge < -0.3 is 5.73 Å². The second-order valence-corrected chi connectivity index (χ2v) is 2.97. The molecule has 0 heterocycles. The molecular weight excluding hydrogens is 250 g/mol. The molecule has 4 nitrogen and oxygen atoms in total. The summed E-state index contributed by atoms with van der Waals surface area (Å²) in [5, 5.41) is 10.3. The minimum atomic E-state index is -1.31. The van der Waals surface area contributed by atoms with Crippen molar-refractivity contribution in [3.8, 4) is 0 Å². The highest BCUT2D eigenvalue weighted by atomic mass is 79.9. The van der Waals surface area contributed by atoms with Crippen LogP contribution in [-0.4, -0.2) is 4.92 Å². The molecule has 2 N–H and O–H groups in total. The summed E-state index contributed by atoms with van der Waals surface area (Å²) in [6.45, 7) is 0. The quantitative estimate of drug-likeness (QED) is 0.361. The molecule has 70 valence electrons. The summed E-state index contributed by atoms with van der Waals surface area (Å²) in [7, 11) is 0. The number of anilines is 1. The van der Waals surface area contributed by atoms with E-state index in [4.69, 9.17) is 5.73 Å². The van der Waals surface area contributed by atoms with E-state index in [-0.39, 0.29) is 0 Å². The van der Waals surface area contributed by atoms with E-state index in [0.29, 0.717) is 6.07 Å². The number of benzene rings is 1. The van der Waals surface area contributed by atoms with Gasteiger partial charge in [0.15, 0.2) is 11.6 Å². The zero-order valence-corrected chi connectivity index (χ0v) is 7.64. The molecule has 0 amide bonds. The van der Waals surface area contributed by atoms with Crippen LogP contribution in [0.1, 0.15) is 0 Å². The van der Waals surface area contributed by atoms with E-state index in [9.17, 15) is 18.9 Å². The maximum Gasteiger partial charge on any atom is 0.296 e. The Morgan fingerprint density at radius 2 is 2.08 bits per heavy atom. The van der Waals surface area contributed by atoms with Crippen LogP contribution >= 0.6 is 15.9 Å². The summed E-state index contributed by atoms with van der Waals surface area (Å²) >= 11 is 2.60. The van der Waals surface area contributed by atoms with E-state index in [0.717, 1.165) is 0 Å². The average Bonchev–Trinajstić information content (AvgIpc) is 2.07. The standard InChI is InChI=1S/C6H3BrF2N2O2/c7-4-5(9)2(8)1-3(6(4)10)11(12)13/h1H,10H2. The third-order valence-electron chi connectivity index (χ3n) is 1.37. The normalized spacial score (nSPS) is 10.1. The van der Waals surface area contributed by atoms with Gasteiger partial charge in [0.05, 0.1) is 15.5 Å². The first-order valence-corrected chi connectivity index (χ1v) is 3.81. The molecule has 0 unspecified atom stereocenters. The van der Waals surface area contributed by atoms with Gasteiger partial charge in [0, 0.05) is 0 Å². The Bertz CT molecular complexity index is 383. The fourth-order valence-corrected chi connectivity index (χ4v) is 1.14. The van der Waals surface area contributed by atoms with Gasteiger partial charge >= 0.3 is 0 Å². The second kappa shape index (κ2) is 3.25. The van der Waals surface area contributed by atoms with Crippen LogP contribution in [0.25, 0.3) is 0 Å². The summed E-state index contributed by atoms with van der Waals surface area (Å²) in [5.74, 6) is -2.55.